The second-order valence-corrected chi connectivity index (χ2v) is 6.15. The molecule has 1 aromatic carbocycles. The van der Waals surface area contributed by atoms with Crippen LogP contribution in [0.25, 0.3) is 0 Å². The Labute approximate surface area is 138 Å². The van der Waals surface area contributed by atoms with E-state index in [1.165, 1.54) is 12.1 Å². The summed E-state index contributed by atoms with van der Waals surface area (Å²) in [6.07, 6.45) is 0.478. The first kappa shape index (κ1) is 15.5. The fourth-order valence-corrected chi connectivity index (χ4v) is 2.84. The number of carbonyl (C=O) groups is 3. The van der Waals surface area contributed by atoms with E-state index in [2.05, 4.69) is 10.6 Å². The van der Waals surface area contributed by atoms with Crippen molar-refractivity contribution >= 4 is 63.5 Å². The van der Waals surface area contributed by atoms with Gasteiger partial charge in [-0.2, -0.15) is 0 Å². The highest BCUT2D eigenvalue weighted by atomic mass is 127. The molecule has 1 saturated heterocycles. The molecule has 0 bridgehead atoms. The summed E-state index contributed by atoms with van der Waals surface area (Å²) in [6, 6.07) is 2.29. The van der Waals surface area contributed by atoms with Crippen LogP contribution in [-0.4, -0.2) is 23.8 Å². The Hall–Kier alpha value is -0.860. The van der Waals surface area contributed by atoms with Gasteiger partial charge in [-0.15, -0.1) is 0 Å². The van der Waals surface area contributed by atoms with Crippen molar-refractivity contribution in [2.24, 2.45) is 0 Å². The minimum atomic E-state index is -0.728. The van der Waals surface area contributed by atoms with E-state index in [1.807, 2.05) is 22.6 Å². The Balaban J connectivity index is 2.17. The standard InChI is InChI=1S/C12H9Cl2IN2O3/c13-5-3-6(10(15)7(14)4-5)11(19)16-8-1-2-9(18)17-12(8)20/h3-4,8H,1-2H2,(H,16,19)(H,17,18,20). The summed E-state index contributed by atoms with van der Waals surface area (Å²) in [5.41, 5.74) is 0.299. The number of hydrogen-bond donors (Lipinski definition) is 2. The van der Waals surface area contributed by atoms with E-state index in [1.54, 1.807) is 0 Å². The largest absolute Gasteiger partial charge is 0.340 e. The summed E-state index contributed by atoms with van der Waals surface area (Å²) in [7, 11) is 0. The van der Waals surface area contributed by atoms with Crippen LogP contribution < -0.4 is 10.6 Å². The van der Waals surface area contributed by atoms with Crippen molar-refractivity contribution < 1.29 is 14.4 Å². The van der Waals surface area contributed by atoms with Gasteiger partial charge in [-0.3, -0.25) is 19.7 Å². The molecule has 2 rings (SSSR count). The Morgan fingerprint density at radius 3 is 2.70 bits per heavy atom. The Kier molecular flexibility index (Phi) is 4.87. The highest BCUT2D eigenvalue weighted by Gasteiger charge is 2.28. The number of halogens is 3. The molecular formula is C12H9Cl2IN2O3. The van der Waals surface area contributed by atoms with E-state index >= 15 is 0 Å². The lowest BCUT2D eigenvalue weighted by Gasteiger charge is -2.22. The fourth-order valence-electron chi connectivity index (χ4n) is 1.79. The zero-order valence-corrected chi connectivity index (χ0v) is 13.7. The number of amides is 3. The van der Waals surface area contributed by atoms with Crippen molar-refractivity contribution in [3.05, 3.63) is 31.3 Å². The molecule has 8 heteroatoms. The van der Waals surface area contributed by atoms with Crippen LogP contribution in [0.4, 0.5) is 0 Å². The summed E-state index contributed by atoms with van der Waals surface area (Å²) in [5.74, 6) is -1.29. The van der Waals surface area contributed by atoms with Gasteiger partial charge in [0.2, 0.25) is 11.8 Å². The molecular weight excluding hydrogens is 418 g/mol. The molecule has 1 aliphatic heterocycles. The first-order valence-corrected chi connectivity index (χ1v) is 7.51. The van der Waals surface area contributed by atoms with Crippen LogP contribution in [0, 0.1) is 3.57 Å². The number of rotatable bonds is 2. The third-order valence-corrected chi connectivity index (χ3v) is 4.78. The van der Waals surface area contributed by atoms with Crippen LogP contribution in [0.1, 0.15) is 23.2 Å². The molecule has 0 aromatic heterocycles. The average Bonchev–Trinajstić information content (AvgIpc) is 2.37. The monoisotopic (exact) mass is 426 g/mol. The van der Waals surface area contributed by atoms with Gasteiger partial charge in [0.25, 0.3) is 5.91 Å². The number of nitrogens with one attached hydrogen (secondary N) is 2. The summed E-state index contributed by atoms with van der Waals surface area (Å²) < 4.78 is 0.554. The molecule has 3 amide bonds. The van der Waals surface area contributed by atoms with Crippen molar-refractivity contribution in [3.8, 4) is 0 Å². The zero-order valence-electron chi connectivity index (χ0n) is 10.0. The molecule has 1 heterocycles. The number of imide groups is 1. The normalized spacial score (nSPS) is 18.6. The molecule has 20 heavy (non-hydrogen) atoms. The molecule has 2 N–H and O–H groups in total. The second kappa shape index (κ2) is 6.28. The van der Waals surface area contributed by atoms with Crippen LogP contribution in [0.15, 0.2) is 12.1 Å². The van der Waals surface area contributed by atoms with E-state index < -0.39 is 17.9 Å². The van der Waals surface area contributed by atoms with E-state index in [0.717, 1.165) is 0 Å². The maximum Gasteiger partial charge on any atom is 0.253 e. The summed E-state index contributed by atoms with van der Waals surface area (Å²) >= 11 is 13.8. The van der Waals surface area contributed by atoms with Crippen molar-refractivity contribution in [1.82, 2.24) is 10.6 Å². The van der Waals surface area contributed by atoms with Gasteiger partial charge in [-0.1, -0.05) is 23.2 Å². The first-order chi connectivity index (χ1) is 9.38. The van der Waals surface area contributed by atoms with Crippen LogP contribution >= 0.6 is 45.8 Å². The lowest BCUT2D eigenvalue weighted by Crippen LogP contribution is -2.52. The van der Waals surface area contributed by atoms with Crippen molar-refractivity contribution in [3.63, 3.8) is 0 Å². The highest BCUT2D eigenvalue weighted by Crippen LogP contribution is 2.27. The van der Waals surface area contributed by atoms with Crippen LogP contribution in [0.2, 0.25) is 10.0 Å². The van der Waals surface area contributed by atoms with E-state index in [4.69, 9.17) is 23.2 Å². The van der Waals surface area contributed by atoms with Gasteiger partial charge in [-0.05, 0) is 41.1 Å². The minimum Gasteiger partial charge on any atom is -0.340 e. The predicted octanol–water partition coefficient (Wildman–Crippen LogP) is 2.13. The van der Waals surface area contributed by atoms with Gasteiger partial charge >= 0.3 is 0 Å². The highest BCUT2D eigenvalue weighted by molar-refractivity contribution is 14.1. The molecule has 1 fully saturated rings. The van der Waals surface area contributed by atoms with Gasteiger partial charge < -0.3 is 5.32 Å². The molecule has 0 saturated carbocycles. The maximum atomic E-state index is 12.2. The minimum absolute atomic E-state index is 0.198. The van der Waals surface area contributed by atoms with Gasteiger partial charge in [0.15, 0.2) is 0 Å². The van der Waals surface area contributed by atoms with E-state index in [-0.39, 0.29) is 18.7 Å². The molecule has 0 radical (unpaired) electrons. The number of carbonyl (C=O) groups excluding carboxylic acids is 3. The molecule has 1 unspecified atom stereocenters. The average molecular weight is 427 g/mol. The Morgan fingerprint density at radius 2 is 2.05 bits per heavy atom. The zero-order chi connectivity index (χ0) is 14.9. The maximum absolute atomic E-state index is 12.2. The van der Waals surface area contributed by atoms with Gasteiger partial charge in [0.05, 0.1) is 10.6 Å². The fraction of sp³-hybridized carbons (Fsp3) is 0.250. The number of piperidine rings is 1. The molecule has 1 atom stereocenters. The molecule has 5 nitrogen and oxygen atoms in total. The summed E-state index contributed by atoms with van der Waals surface area (Å²) in [6.45, 7) is 0. The van der Waals surface area contributed by atoms with Gasteiger partial charge in [0, 0.05) is 15.0 Å². The second-order valence-electron chi connectivity index (χ2n) is 4.23. The van der Waals surface area contributed by atoms with Crippen molar-refractivity contribution in [1.29, 1.82) is 0 Å². The van der Waals surface area contributed by atoms with Crippen LogP contribution in [-0.2, 0) is 9.59 Å². The lowest BCUT2D eigenvalue weighted by molar-refractivity contribution is -0.134. The van der Waals surface area contributed by atoms with E-state index in [9.17, 15) is 14.4 Å². The van der Waals surface area contributed by atoms with Crippen molar-refractivity contribution in [2.45, 2.75) is 18.9 Å². The molecule has 0 aliphatic carbocycles. The van der Waals surface area contributed by atoms with E-state index in [0.29, 0.717) is 19.2 Å². The number of hydrogen-bond acceptors (Lipinski definition) is 3. The quantitative estimate of drug-likeness (QED) is 0.432. The van der Waals surface area contributed by atoms with Crippen molar-refractivity contribution in [2.75, 3.05) is 0 Å². The summed E-state index contributed by atoms with van der Waals surface area (Å²) in [5, 5.41) is 5.46. The number of benzene rings is 1. The smallest absolute Gasteiger partial charge is 0.253 e. The van der Waals surface area contributed by atoms with Gasteiger partial charge in [-0.25, -0.2) is 0 Å². The lowest BCUT2D eigenvalue weighted by atomic mass is 10.1. The molecule has 0 spiro atoms. The van der Waals surface area contributed by atoms with Crippen LogP contribution in [0.5, 0.6) is 0 Å². The van der Waals surface area contributed by atoms with Gasteiger partial charge in [0.1, 0.15) is 6.04 Å². The Morgan fingerprint density at radius 1 is 1.35 bits per heavy atom. The molecule has 1 aliphatic rings. The Bertz CT molecular complexity index is 607. The summed E-state index contributed by atoms with van der Waals surface area (Å²) in [4.78, 5) is 34.8. The first-order valence-electron chi connectivity index (χ1n) is 5.67. The van der Waals surface area contributed by atoms with Crippen LogP contribution in [0.3, 0.4) is 0 Å². The predicted molar refractivity (Wildman–Crippen MR) is 82.8 cm³/mol. The topological polar surface area (TPSA) is 75.3 Å². The molecule has 106 valence electrons. The SMILES string of the molecule is O=C1CCC(NC(=O)c2cc(Cl)cc(Cl)c2I)C(=O)N1. The third-order valence-electron chi connectivity index (χ3n) is 2.78. The molecule has 1 aromatic rings. The third kappa shape index (κ3) is 3.42.